The molecule has 1 saturated heterocycles. The van der Waals surface area contributed by atoms with Gasteiger partial charge >= 0.3 is 0 Å². The summed E-state index contributed by atoms with van der Waals surface area (Å²) in [6.07, 6.45) is 5.62. The molecule has 1 heterocycles. The summed E-state index contributed by atoms with van der Waals surface area (Å²) in [6, 6.07) is 0.621. The van der Waals surface area contributed by atoms with E-state index in [2.05, 4.69) is 48.3 Å². The van der Waals surface area contributed by atoms with Crippen LogP contribution in [0.1, 0.15) is 52.9 Å². The Kier molecular flexibility index (Phi) is 17.9. The van der Waals surface area contributed by atoms with Crippen molar-refractivity contribution in [1.82, 2.24) is 15.5 Å². The van der Waals surface area contributed by atoms with Crippen LogP contribution in [-0.4, -0.2) is 76.6 Å². The van der Waals surface area contributed by atoms with Crippen LogP contribution in [-0.2, 0) is 9.47 Å². The second-order valence-corrected chi connectivity index (χ2v) is 7.45. The van der Waals surface area contributed by atoms with Crippen LogP contribution in [0.25, 0.3) is 0 Å². The van der Waals surface area contributed by atoms with Gasteiger partial charge in [0.1, 0.15) is 0 Å². The molecule has 27 heavy (non-hydrogen) atoms. The third kappa shape index (κ3) is 14.5. The van der Waals surface area contributed by atoms with E-state index in [1.54, 1.807) is 0 Å². The number of nitrogens with zero attached hydrogens (tertiary/aromatic N) is 2. The molecule has 0 aromatic carbocycles. The number of ether oxygens (including phenoxy) is 2. The van der Waals surface area contributed by atoms with E-state index in [4.69, 9.17) is 9.47 Å². The van der Waals surface area contributed by atoms with Gasteiger partial charge in [0.25, 0.3) is 0 Å². The molecule has 2 N–H and O–H groups in total. The Bertz CT molecular complexity index is 364. The zero-order chi connectivity index (χ0) is 19.0. The van der Waals surface area contributed by atoms with Crippen LogP contribution < -0.4 is 10.6 Å². The SMILES string of the molecule is CCNC(=NCCCOCC1CCOCC1)NCCCCN(C)C(C)C.I. The smallest absolute Gasteiger partial charge is 0.191 e. The van der Waals surface area contributed by atoms with Gasteiger partial charge in [0.05, 0.1) is 0 Å². The summed E-state index contributed by atoms with van der Waals surface area (Å²) in [5.74, 6) is 1.61. The van der Waals surface area contributed by atoms with Gasteiger partial charge < -0.3 is 25.0 Å². The lowest BCUT2D eigenvalue weighted by Gasteiger charge is -2.21. The molecule has 0 spiro atoms. The number of halogens is 1. The van der Waals surface area contributed by atoms with Crippen molar-refractivity contribution >= 4 is 29.9 Å². The molecule has 0 amide bonds. The van der Waals surface area contributed by atoms with Crippen molar-refractivity contribution in [2.24, 2.45) is 10.9 Å². The van der Waals surface area contributed by atoms with Crippen molar-refractivity contribution in [3.8, 4) is 0 Å². The van der Waals surface area contributed by atoms with E-state index in [-0.39, 0.29) is 24.0 Å². The van der Waals surface area contributed by atoms with Crippen molar-refractivity contribution in [3.05, 3.63) is 0 Å². The van der Waals surface area contributed by atoms with Gasteiger partial charge in [-0.25, -0.2) is 0 Å². The van der Waals surface area contributed by atoms with E-state index >= 15 is 0 Å². The molecular weight excluding hydrogens is 455 g/mol. The molecule has 0 atom stereocenters. The molecule has 1 rings (SSSR count). The lowest BCUT2D eigenvalue weighted by Crippen LogP contribution is -2.38. The van der Waals surface area contributed by atoms with E-state index in [0.717, 1.165) is 84.2 Å². The number of guanidine groups is 1. The van der Waals surface area contributed by atoms with Crippen LogP contribution >= 0.6 is 24.0 Å². The highest BCUT2D eigenvalue weighted by atomic mass is 127. The average Bonchev–Trinajstić information content (AvgIpc) is 2.64. The number of aliphatic imine (C=N–C) groups is 1. The zero-order valence-corrected chi connectivity index (χ0v) is 20.3. The Labute approximate surface area is 184 Å². The van der Waals surface area contributed by atoms with Gasteiger partial charge in [0.2, 0.25) is 0 Å². The quantitative estimate of drug-likeness (QED) is 0.177. The molecule has 0 aliphatic carbocycles. The third-order valence-electron chi connectivity index (χ3n) is 4.87. The highest BCUT2D eigenvalue weighted by Gasteiger charge is 2.13. The van der Waals surface area contributed by atoms with Crippen LogP contribution in [0.5, 0.6) is 0 Å². The van der Waals surface area contributed by atoms with Crippen molar-refractivity contribution in [3.63, 3.8) is 0 Å². The van der Waals surface area contributed by atoms with Crippen LogP contribution in [0.2, 0.25) is 0 Å². The Hall–Kier alpha value is -0.120. The number of unbranched alkanes of at least 4 members (excludes halogenated alkanes) is 1. The first kappa shape index (κ1) is 26.9. The normalized spacial score (nSPS) is 15.9. The standard InChI is InChI=1S/C20H42N4O2.HI/c1-5-21-20(22-11-6-7-13-24(4)18(2)3)23-12-8-14-26-17-19-9-15-25-16-10-19;/h18-19H,5-17H2,1-4H3,(H2,21,22,23);1H. The van der Waals surface area contributed by atoms with Crippen LogP contribution in [0.15, 0.2) is 4.99 Å². The molecular formula is C20H43IN4O2. The maximum Gasteiger partial charge on any atom is 0.191 e. The summed E-state index contributed by atoms with van der Waals surface area (Å²) in [4.78, 5) is 7.03. The summed E-state index contributed by atoms with van der Waals surface area (Å²) in [5, 5.41) is 6.75. The summed E-state index contributed by atoms with van der Waals surface area (Å²) in [5.41, 5.74) is 0. The maximum atomic E-state index is 5.80. The van der Waals surface area contributed by atoms with Crippen molar-refractivity contribution in [2.45, 2.75) is 58.9 Å². The second kappa shape index (κ2) is 17.9. The molecule has 0 unspecified atom stereocenters. The van der Waals surface area contributed by atoms with E-state index in [1.807, 2.05) is 0 Å². The predicted octanol–water partition coefficient (Wildman–Crippen LogP) is 3.11. The van der Waals surface area contributed by atoms with Gasteiger partial charge in [-0.2, -0.15) is 0 Å². The summed E-state index contributed by atoms with van der Waals surface area (Å²) in [7, 11) is 2.19. The summed E-state index contributed by atoms with van der Waals surface area (Å²) in [6.45, 7) is 13.8. The van der Waals surface area contributed by atoms with E-state index in [0.29, 0.717) is 12.0 Å². The fourth-order valence-electron chi connectivity index (χ4n) is 2.81. The molecule has 1 aliphatic rings. The molecule has 1 fully saturated rings. The molecule has 162 valence electrons. The first-order chi connectivity index (χ1) is 12.6. The Balaban J connectivity index is 0.00000676. The molecule has 0 bridgehead atoms. The van der Waals surface area contributed by atoms with Gasteiger partial charge in [0, 0.05) is 52.1 Å². The largest absolute Gasteiger partial charge is 0.381 e. The topological polar surface area (TPSA) is 58.1 Å². The number of rotatable bonds is 13. The lowest BCUT2D eigenvalue weighted by atomic mass is 10.0. The second-order valence-electron chi connectivity index (χ2n) is 7.45. The number of hydrogen-bond donors (Lipinski definition) is 2. The van der Waals surface area contributed by atoms with E-state index in [1.165, 1.54) is 6.42 Å². The first-order valence-electron chi connectivity index (χ1n) is 10.5. The monoisotopic (exact) mass is 498 g/mol. The van der Waals surface area contributed by atoms with E-state index < -0.39 is 0 Å². The third-order valence-corrected chi connectivity index (χ3v) is 4.87. The minimum Gasteiger partial charge on any atom is -0.381 e. The van der Waals surface area contributed by atoms with Crippen molar-refractivity contribution in [2.75, 3.05) is 59.7 Å². The molecule has 0 aromatic heterocycles. The predicted molar refractivity (Wildman–Crippen MR) is 125 cm³/mol. The Morgan fingerprint density at radius 1 is 1.19 bits per heavy atom. The van der Waals surface area contributed by atoms with Crippen LogP contribution in [0.3, 0.4) is 0 Å². The van der Waals surface area contributed by atoms with Gasteiger partial charge in [-0.05, 0) is 72.4 Å². The van der Waals surface area contributed by atoms with Gasteiger partial charge in [-0.1, -0.05) is 0 Å². The van der Waals surface area contributed by atoms with Gasteiger partial charge in [-0.3, -0.25) is 4.99 Å². The highest BCUT2D eigenvalue weighted by molar-refractivity contribution is 14.0. The molecule has 0 saturated carbocycles. The summed E-state index contributed by atoms with van der Waals surface area (Å²) < 4.78 is 11.2. The fraction of sp³-hybridized carbons (Fsp3) is 0.950. The van der Waals surface area contributed by atoms with Gasteiger partial charge in [0.15, 0.2) is 5.96 Å². The van der Waals surface area contributed by atoms with Crippen molar-refractivity contribution in [1.29, 1.82) is 0 Å². The number of hydrogen-bond acceptors (Lipinski definition) is 4. The minimum atomic E-state index is 0. The highest BCUT2D eigenvalue weighted by Crippen LogP contribution is 2.14. The number of nitrogens with one attached hydrogen (secondary N) is 2. The van der Waals surface area contributed by atoms with Gasteiger partial charge in [-0.15, -0.1) is 24.0 Å². The molecule has 0 aromatic rings. The Morgan fingerprint density at radius 3 is 2.59 bits per heavy atom. The zero-order valence-electron chi connectivity index (χ0n) is 18.0. The first-order valence-corrected chi connectivity index (χ1v) is 10.5. The van der Waals surface area contributed by atoms with Crippen molar-refractivity contribution < 1.29 is 9.47 Å². The maximum absolute atomic E-state index is 5.80. The fourth-order valence-corrected chi connectivity index (χ4v) is 2.81. The molecule has 1 aliphatic heterocycles. The molecule has 6 nitrogen and oxygen atoms in total. The Morgan fingerprint density at radius 2 is 1.93 bits per heavy atom. The van der Waals surface area contributed by atoms with Crippen LogP contribution in [0, 0.1) is 5.92 Å². The van der Waals surface area contributed by atoms with E-state index in [9.17, 15) is 0 Å². The molecule has 0 radical (unpaired) electrons. The summed E-state index contributed by atoms with van der Waals surface area (Å²) >= 11 is 0. The van der Waals surface area contributed by atoms with Crippen LogP contribution in [0.4, 0.5) is 0 Å². The average molecular weight is 498 g/mol. The molecule has 7 heteroatoms. The lowest BCUT2D eigenvalue weighted by molar-refractivity contribution is 0.0205. The minimum absolute atomic E-state index is 0.